The van der Waals surface area contributed by atoms with E-state index in [9.17, 15) is 0 Å². The Bertz CT molecular complexity index is 43.0. The molecule has 0 atom stereocenters. The average Bonchev–Trinajstić information content (AvgIpc) is 2.03. The molecule has 0 bridgehead atoms. The van der Waals surface area contributed by atoms with Gasteiger partial charge in [0.1, 0.15) is 6.10 Å². The fourth-order valence-corrected chi connectivity index (χ4v) is 0.0577. The Morgan fingerprint density at radius 2 is 1.40 bits per heavy atom. The Balaban J connectivity index is 0. The molecule has 0 rings (SSSR count). The minimum Gasteiger partial charge on any atom is -0.396 e. The van der Waals surface area contributed by atoms with E-state index in [4.69, 9.17) is 20.4 Å². The van der Waals surface area contributed by atoms with Crippen molar-refractivity contribution in [3.05, 3.63) is 0 Å². The van der Waals surface area contributed by atoms with Crippen LogP contribution >= 0.6 is 0 Å². The van der Waals surface area contributed by atoms with Crippen LogP contribution in [0.5, 0.6) is 0 Å². The van der Waals surface area contributed by atoms with Gasteiger partial charge in [0.05, 0.1) is 13.2 Å². The van der Waals surface area contributed by atoms with Gasteiger partial charge in [-0.05, 0) is 6.42 Å². The molecular weight excluding hydrogens is 136 g/mol. The van der Waals surface area contributed by atoms with Crippen LogP contribution in [-0.2, 0) is 0 Å². The number of hydrogen-bond donors (Lipinski definition) is 4. The summed E-state index contributed by atoms with van der Waals surface area (Å²) in [7, 11) is 0. The third-order valence-electron chi connectivity index (χ3n) is 0.645. The maximum atomic E-state index is 8.17. The molecule has 0 amide bonds. The zero-order valence-corrected chi connectivity index (χ0v) is 6.19. The topological polar surface area (TPSA) is 80.9 Å². The minimum atomic E-state index is -0.954. The zero-order valence-electron chi connectivity index (χ0n) is 6.19. The van der Waals surface area contributed by atoms with Gasteiger partial charge in [0.25, 0.3) is 0 Å². The lowest BCUT2D eigenvalue weighted by atomic mass is 10.4. The molecule has 0 fully saturated rings. The van der Waals surface area contributed by atoms with Crippen molar-refractivity contribution in [3.8, 4) is 0 Å². The summed E-state index contributed by atoms with van der Waals surface area (Å²) < 4.78 is 0. The third-order valence-corrected chi connectivity index (χ3v) is 0.645. The van der Waals surface area contributed by atoms with Crippen molar-refractivity contribution in [2.24, 2.45) is 0 Å². The first-order valence-electron chi connectivity index (χ1n) is 3.23. The van der Waals surface area contributed by atoms with Crippen LogP contribution in [0.15, 0.2) is 0 Å². The van der Waals surface area contributed by atoms with Gasteiger partial charge >= 0.3 is 0 Å². The van der Waals surface area contributed by atoms with Crippen LogP contribution in [-0.4, -0.2) is 46.4 Å². The van der Waals surface area contributed by atoms with Crippen molar-refractivity contribution < 1.29 is 20.4 Å². The summed E-state index contributed by atoms with van der Waals surface area (Å²) in [6.07, 6.45) is -0.0787. The largest absolute Gasteiger partial charge is 0.396 e. The van der Waals surface area contributed by atoms with E-state index in [1.165, 1.54) is 0 Å². The van der Waals surface area contributed by atoms with E-state index in [1.54, 1.807) is 0 Å². The van der Waals surface area contributed by atoms with E-state index in [0.717, 1.165) is 6.42 Å². The van der Waals surface area contributed by atoms with Crippen LogP contribution in [0.3, 0.4) is 0 Å². The number of aliphatic hydroxyl groups is 4. The van der Waals surface area contributed by atoms with Crippen LogP contribution in [0.4, 0.5) is 0 Å². The first-order chi connectivity index (χ1) is 4.72. The molecule has 0 unspecified atom stereocenters. The number of aliphatic hydroxyl groups excluding tert-OH is 4. The van der Waals surface area contributed by atoms with Crippen LogP contribution in [0.25, 0.3) is 0 Å². The van der Waals surface area contributed by atoms with Crippen molar-refractivity contribution in [2.45, 2.75) is 19.4 Å². The third kappa shape index (κ3) is 15.7. The highest BCUT2D eigenvalue weighted by atomic mass is 16.3. The molecule has 0 aromatic heterocycles. The highest BCUT2D eigenvalue weighted by Crippen LogP contribution is 1.71. The Hall–Kier alpha value is -0.160. The molecule has 0 spiro atoms. The zero-order chi connectivity index (χ0) is 8.41. The second-order valence-electron chi connectivity index (χ2n) is 1.74. The predicted octanol–water partition coefficient (Wildman–Crippen LogP) is -1.28. The lowest BCUT2D eigenvalue weighted by Gasteiger charge is -1.96. The van der Waals surface area contributed by atoms with Gasteiger partial charge in [0.2, 0.25) is 0 Å². The van der Waals surface area contributed by atoms with Crippen LogP contribution < -0.4 is 0 Å². The monoisotopic (exact) mass is 152 g/mol. The molecule has 0 aliphatic rings. The fraction of sp³-hybridized carbons (Fsp3) is 1.00. The highest BCUT2D eigenvalue weighted by Gasteiger charge is 1.93. The number of rotatable bonds is 3. The summed E-state index contributed by atoms with van der Waals surface area (Å²) in [4.78, 5) is 0. The highest BCUT2D eigenvalue weighted by molar-refractivity contribution is 4.43. The second kappa shape index (κ2) is 11.6. The fourth-order valence-electron chi connectivity index (χ4n) is 0.0577. The van der Waals surface area contributed by atoms with Gasteiger partial charge in [-0.3, -0.25) is 0 Å². The van der Waals surface area contributed by atoms with Gasteiger partial charge in [-0.1, -0.05) is 6.92 Å². The van der Waals surface area contributed by atoms with Crippen LogP contribution in [0.1, 0.15) is 13.3 Å². The van der Waals surface area contributed by atoms with E-state index in [0.29, 0.717) is 6.61 Å². The van der Waals surface area contributed by atoms with E-state index in [2.05, 4.69) is 0 Å². The lowest BCUT2D eigenvalue weighted by molar-refractivity contribution is 0.0450. The molecule has 64 valence electrons. The second-order valence-corrected chi connectivity index (χ2v) is 1.74. The molecular formula is C6H16O4. The van der Waals surface area contributed by atoms with Gasteiger partial charge in [-0.15, -0.1) is 0 Å². The van der Waals surface area contributed by atoms with Gasteiger partial charge < -0.3 is 20.4 Å². The quantitative estimate of drug-likeness (QED) is 0.406. The molecule has 0 radical (unpaired) electrons. The molecule has 10 heavy (non-hydrogen) atoms. The molecule has 0 aliphatic carbocycles. The maximum absolute atomic E-state index is 8.17. The Morgan fingerprint density at radius 1 is 1.10 bits per heavy atom. The van der Waals surface area contributed by atoms with Gasteiger partial charge in [-0.2, -0.15) is 0 Å². The number of hydrogen-bond acceptors (Lipinski definition) is 4. The van der Waals surface area contributed by atoms with Crippen molar-refractivity contribution in [2.75, 3.05) is 19.8 Å². The first-order valence-corrected chi connectivity index (χ1v) is 3.23. The van der Waals surface area contributed by atoms with Crippen molar-refractivity contribution in [1.82, 2.24) is 0 Å². The van der Waals surface area contributed by atoms with Gasteiger partial charge in [0.15, 0.2) is 0 Å². The Kier molecular flexibility index (Phi) is 14.5. The first kappa shape index (κ1) is 12.5. The smallest absolute Gasteiger partial charge is 0.100 e. The van der Waals surface area contributed by atoms with E-state index < -0.39 is 6.10 Å². The van der Waals surface area contributed by atoms with E-state index >= 15 is 0 Å². The van der Waals surface area contributed by atoms with Gasteiger partial charge in [0, 0.05) is 6.61 Å². The molecule has 4 heteroatoms. The maximum Gasteiger partial charge on any atom is 0.100 e. The molecule has 0 aromatic carbocycles. The summed E-state index contributed by atoms with van der Waals surface area (Å²) in [5.74, 6) is 0. The SMILES string of the molecule is CCCO.OCC(O)CO. The molecule has 0 saturated carbocycles. The molecule has 0 saturated heterocycles. The van der Waals surface area contributed by atoms with E-state index in [1.807, 2.05) is 6.92 Å². The molecule has 0 heterocycles. The molecule has 0 aromatic rings. The predicted molar refractivity (Wildman–Crippen MR) is 37.6 cm³/mol. The average molecular weight is 152 g/mol. The summed E-state index contributed by atoms with van der Waals surface area (Å²) in [6, 6.07) is 0. The normalized spacial score (nSPS) is 9.00. The van der Waals surface area contributed by atoms with Crippen LogP contribution in [0.2, 0.25) is 0 Å². The molecule has 4 N–H and O–H groups in total. The van der Waals surface area contributed by atoms with Crippen molar-refractivity contribution >= 4 is 0 Å². The molecule has 0 aliphatic heterocycles. The Labute approximate surface area is 60.7 Å². The van der Waals surface area contributed by atoms with Crippen molar-refractivity contribution in [3.63, 3.8) is 0 Å². The minimum absolute atomic E-state index is 0.319. The summed E-state index contributed by atoms with van der Waals surface area (Å²) in [5.41, 5.74) is 0. The van der Waals surface area contributed by atoms with Crippen LogP contribution in [0, 0.1) is 0 Å². The van der Waals surface area contributed by atoms with E-state index in [-0.39, 0.29) is 13.2 Å². The standard InChI is InChI=1S/C3H8O3.C3H8O/c4-1-3(6)2-5;1-2-3-4/h3-6H,1-2H2;4H,2-3H2,1H3. The van der Waals surface area contributed by atoms with Gasteiger partial charge in [-0.25, -0.2) is 0 Å². The molecule has 4 nitrogen and oxygen atoms in total. The summed E-state index contributed by atoms with van der Waals surface area (Å²) >= 11 is 0. The Morgan fingerprint density at radius 3 is 1.40 bits per heavy atom. The summed E-state index contributed by atoms with van der Waals surface area (Å²) in [5, 5.41) is 31.9. The van der Waals surface area contributed by atoms with Crippen molar-refractivity contribution in [1.29, 1.82) is 0 Å². The lowest BCUT2D eigenvalue weighted by Crippen LogP contribution is -2.15. The summed E-state index contributed by atoms with van der Waals surface area (Å²) in [6.45, 7) is 1.52.